The van der Waals surface area contributed by atoms with E-state index in [0.717, 1.165) is 23.9 Å². The Kier molecular flexibility index (Phi) is 9.07. The zero-order chi connectivity index (χ0) is 22.3. The number of aromatic nitrogens is 1. The molecule has 30 heavy (non-hydrogen) atoms. The van der Waals surface area contributed by atoms with Crippen LogP contribution in [0.5, 0.6) is 0 Å². The van der Waals surface area contributed by atoms with Crippen LogP contribution >= 0.6 is 7.75 Å². The van der Waals surface area contributed by atoms with Gasteiger partial charge in [-0.3, -0.25) is 13.8 Å². The number of nitrogens with zero attached hydrogens (tertiary/aromatic N) is 2. The van der Waals surface area contributed by atoms with E-state index in [1.165, 1.54) is 5.56 Å². The highest BCUT2D eigenvalue weighted by atomic mass is 31.2. The molecule has 1 heterocycles. The summed E-state index contributed by atoms with van der Waals surface area (Å²) >= 11 is 0. The summed E-state index contributed by atoms with van der Waals surface area (Å²) in [5.41, 5.74) is 2.18. The van der Waals surface area contributed by atoms with Gasteiger partial charge in [0.2, 0.25) is 0 Å². The molecule has 0 saturated heterocycles. The highest BCUT2D eigenvalue weighted by molar-refractivity contribution is 7.51. The number of esters is 1. The van der Waals surface area contributed by atoms with E-state index < -0.39 is 13.7 Å². The third-order valence-electron chi connectivity index (χ3n) is 4.20. The number of ether oxygens (including phenoxy) is 1. The van der Waals surface area contributed by atoms with E-state index in [2.05, 4.69) is 16.1 Å². The number of benzene rings is 1. The quantitative estimate of drug-likeness (QED) is 0.398. The maximum Gasteiger partial charge on any atom is 0.408 e. The number of fused-ring (bicyclic) bond motifs is 1. The smallest absolute Gasteiger partial charge is 0.408 e. The Labute approximate surface area is 179 Å². The van der Waals surface area contributed by atoms with Crippen LogP contribution in [0.15, 0.2) is 30.5 Å². The fourth-order valence-corrected chi connectivity index (χ4v) is 4.35. The lowest BCUT2D eigenvalue weighted by atomic mass is 10.1. The molecule has 1 unspecified atom stereocenters. The van der Waals surface area contributed by atoms with Crippen molar-refractivity contribution < 1.29 is 23.1 Å². The lowest BCUT2D eigenvalue weighted by Gasteiger charge is -2.21. The van der Waals surface area contributed by atoms with Gasteiger partial charge in [-0.15, -0.1) is 0 Å². The molecule has 1 aromatic heterocycles. The standard InChI is InChI=1S/C21H34N3O5P/c1-16(2)28-21(25)13-22-30(26,29-17(3)4)27-15-24-14-18(11-12-23(5)6)19-9-7-8-10-20(19)24/h7-10,14,16-17H,11-13,15H2,1-6H3,(H,22,26). The van der Waals surface area contributed by atoms with E-state index >= 15 is 0 Å². The van der Waals surface area contributed by atoms with Crippen molar-refractivity contribution in [3.05, 3.63) is 36.0 Å². The largest absolute Gasteiger partial charge is 0.462 e. The van der Waals surface area contributed by atoms with Crippen LogP contribution in [-0.4, -0.2) is 54.8 Å². The van der Waals surface area contributed by atoms with Crippen LogP contribution in [0.2, 0.25) is 0 Å². The Hall–Kier alpha value is -1.70. The first kappa shape index (κ1) is 24.6. The highest BCUT2D eigenvalue weighted by Crippen LogP contribution is 2.45. The van der Waals surface area contributed by atoms with Gasteiger partial charge in [0.25, 0.3) is 0 Å². The number of rotatable bonds is 12. The number of hydrogen-bond donors (Lipinski definition) is 1. The summed E-state index contributed by atoms with van der Waals surface area (Å²) in [5.74, 6) is -0.515. The fraction of sp³-hybridized carbons (Fsp3) is 0.571. The van der Waals surface area contributed by atoms with Crippen molar-refractivity contribution in [3.8, 4) is 0 Å². The van der Waals surface area contributed by atoms with E-state index in [1.807, 2.05) is 43.1 Å². The molecule has 1 N–H and O–H groups in total. The molecule has 1 aromatic carbocycles. The number of carbonyl (C=O) groups is 1. The molecule has 8 nitrogen and oxygen atoms in total. The van der Waals surface area contributed by atoms with E-state index in [1.54, 1.807) is 27.7 Å². The molecule has 0 spiro atoms. The summed E-state index contributed by atoms with van der Waals surface area (Å²) in [4.78, 5) is 14.0. The third-order valence-corrected chi connectivity index (χ3v) is 5.90. The van der Waals surface area contributed by atoms with Gasteiger partial charge in [0.05, 0.1) is 17.7 Å². The number of para-hydroxylation sites is 1. The molecule has 0 bridgehead atoms. The van der Waals surface area contributed by atoms with E-state index in [9.17, 15) is 9.36 Å². The number of hydrogen-bond acceptors (Lipinski definition) is 6. The van der Waals surface area contributed by atoms with Gasteiger partial charge in [-0.2, -0.15) is 0 Å². The molecule has 1 atom stereocenters. The number of likely N-dealkylation sites (N-methyl/N-ethyl adjacent to an activating group) is 1. The molecule has 0 aliphatic rings. The zero-order valence-electron chi connectivity index (χ0n) is 18.8. The molecule has 0 saturated carbocycles. The molecule has 0 amide bonds. The number of carbonyl (C=O) groups excluding carboxylic acids is 1. The summed E-state index contributed by atoms with van der Waals surface area (Å²) in [6, 6.07) is 8.03. The van der Waals surface area contributed by atoms with Crippen LogP contribution in [0.1, 0.15) is 33.3 Å². The van der Waals surface area contributed by atoms with E-state index in [4.69, 9.17) is 13.8 Å². The topological polar surface area (TPSA) is 82.0 Å². The molecule has 0 aliphatic heterocycles. The van der Waals surface area contributed by atoms with Gasteiger partial charge < -0.3 is 14.2 Å². The van der Waals surface area contributed by atoms with E-state index in [-0.39, 0.29) is 25.5 Å². The summed E-state index contributed by atoms with van der Waals surface area (Å²) in [6.45, 7) is 7.71. The molecule has 168 valence electrons. The second-order valence-corrected chi connectivity index (χ2v) is 9.76. The number of nitrogens with one attached hydrogen (secondary N) is 1. The molecule has 2 rings (SSSR count). The lowest BCUT2D eigenvalue weighted by molar-refractivity contribution is -0.146. The second-order valence-electron chi connectivity index (χ2n) is 7.98. The SMILES string of the molecule is CC(C)OC(=O)CNP(=O)(OCn1cc(CCN(C)C)c2ccccc21)OC(C)C. The fourth-order valence-electron chi connectivity index (χ4n) is 2.97. The summed E-state index contributed by atoms with van der Waals surface area (Å²) < 4.78 is 31.4. The first-order chi connectivity index (χ1) is 14.1. The van der Waals surface area contributed by atoms with Gasteiger partial charge in [-0.05, 0) is 59.8 Å². The van der Waals surface area contributed by atoms with Gasteiger partial charge in [0, 0.05) is 18.1 Å². The minimum atomic E-state index is -3.72. The molecule has 0 aliphatic carbocycles. The molecule has 9 heteroatoms. The monoisotopic (exact) mass is 439 g/mol. The minimum absolute atomic E-state index is 0.0265. The van der Waals surface area contributed by atoms with Gasteiger partial charge in [-0.25, -0.2) is 9.65 Å². The maximum absolute atomic E-state index is 13.2. The van der Waals surface area contributed by atoms with Gasteiger partial charge in [0.15, 0.2) is 0 Å². The van der Waals surface area contributed by atoms with Crippen molar-refractivity contribution in [2.24, 2.45) is 0 Å². The second kappa shape index (κ2) is 11.1. The Morgan fingerprint density at radius 3 is 2.50 bits per heavy atom. The molecular weight excluding hydrogens is 405 g/mol. The zero-order valence-corrected chi connectivity index (χ0v) is 19.6. The van der Waals surface area contributed by atoms with Gasteiger partial charge >= 0.3 is 13.7 Å². The highest BCUT2D eigenvalue weighted by Gasteiger charge is 2.28. The Morgan fingerprint density at radius 2 is 1.87 bits per heavy atom. The summed E-state index contributed by atoms with van der Waals surface area (Å²) in [6.07, 6.45) is 2.31. The van der Waals surface area contributed by atoms with Crippen molar-refractivity contribution in [2.75, 3.05) is 27.2 Å². The normalized spacial score (nSPS) is 14.0. The van der Waals surface area contributed by atoms with Crippen molar-refractivity contribution in [3.63, 3.8) is 0 Å². The van der Waals surface area contributed by atoms with Gasteiger partial charge in [0.1, 0.15) is 13.3 Å². The van der Waals surface area contributed by atoms with Crippen LogP contribution in [0.25, 0.3) is 10.9 Å². The average molecular weight is 439 g/mol. The Balaban J connectivity index is 2.15. The van der Waals surface area contributed by atoms with Crippen LogP contribution in [0.4, 0.5) is 0 Å². The van der Waals surface area contributed by atoms with Crippen LogP contribution < -0.4 is 5.09 Å². The van der Waals surface area contributed by atoms with Crippen molar-refractivity contribution in [2.45, 2.75) is 53.1 Å². The first-order valence-electron chi connectivity index (χ1n) is 10.2. The third kappa shape index (κ3) is 7.52. The van der Waals surface area contributed by atoms with Crippen molar-refractivity contribution in [1.29, 1.82) is 0 Å². The predicted molar refractivity (Wildman–Crippen MR) is 118 cm³/mol. The molecule has 0 radical (unpaired) electrons. The maximum atomic E-state index is 13.2. The van der Waals surface area contributed by atoms with Crippen LogP contribution in [-0.2, 0) is 36.3 Å². The Bertz CT molecular complexity index is 879. The van der Waals surface area contributed by atoms with Gasteiger partial charge in [-0.1, -0.05) is 18.2 Å². The lowest BCUT2D eigenvalue weighted by Crippen LogP contribution is -2.27. The Morgan fingerprint density at radius 1 is 1.17 bits per heavy atom. The minimum Gasteiger partial charge on any atom is -0.462 e. The molecule has 2 aromatic rings. The molecular formula is C21H34N3O5P. The van der Waals surface area contributed by atoms with Crippen molar-refractivity contribution >= 4 is 24.6 Å². The van der Waals surface area contributed by atoms with Crippen LogP contribution in [0.3, 0.4) is 0 Å². The molecule has 0 fully saturated rings. The summed E-state index contributed by atoms with van der Waals surface area (Å²) in [5, 5.41) is 3.75. The first-order valence-corrected chi connectivity index (χ1v) is 11.7. The predicted octanol–water partition coefficient (Wildman–Crippen LogP) is 3.79. The van der Waals surface area contributed by atoms with Crippen molar-refractivity contribution in [1.82, 2.24) is 14.6 Å². The van der Waals surface area contributed by atoms with Crippen LogP contribution in [0, 0.1) is 0 Å². The summed E-state index contributed by atoms with van der Waals surface area (Å²) in [7, 11) is 0.361. The van der Waals surface area contributed by atoms with E-state index in [0.29, 0.717) is 0 Å². The average Bonchev–Trinajstić information content (AvgIpc) is 3.00.